The van der Waals surface area contributed by atoms with Crippen LogP contribution in [0.5, 0.6) is 0 Å². The molecule has 96 valence electrons. The Bertz CT molecular complexity index is 633. The van der Waals surface area contributed by atoms with E-state index in [1.807, 2.05) is 12.3 Å². The van der Waals surface area contributed by atoms with Crippen molar-refractivity contribution in [1.29, 1.82) is 0 Å². The van der Waals surface area contributed by atoms with E-state index in [2.05, 4.69) is 9.71 Å². The Morgan fingerprint density at radius 2 is 2.00 bits per heavy atom. The van der Waals surface area contributed by atoms with Gasteiger partial charge in [-0.1, -0.05) is 0 Å². The maximum Gasteiger partial charge on any atom is 0.240 e. The van der Waals surface area contributed by atoms with Crippen molar-refractivity contribution in [3.05, 3.63) is 40.3 Å². The van der Waals surface area contributed by atoms with Gasteiger partial charge in [0.25, 0.3) is 0 Å². The van der Waals surface area contributed by atoms with Crippen LogP contribution in [-0.4, -0.2) is 13.4 Å². The number of nitrogens with zero attached hydrogens (tertiary/aromatic N) is 1. The fourth-order valence-corrected chi connectivity index (χ4v) is 3.16. The normalized spacial score (nSPS) is 11.6. The Labute approximate surface area is 110 Å². The lowest BCUT2D eigenvalue weighted by Crippen LogP contribution is -2.23. The third-order valence-electron chi connectivity index (χ3n) is 2.27. The third kappa shape index (κ3) is 3.06. The van der Waals surface area contributed by atoms with E-state index in [1.54, 1.807) is 12.1 Å². The highest BCUT2D eigenvalue weighted by Gasteiger charge is 2.13. The Morgan fingerprint density at radius 1 is 1.33 bits per heavy atom. The second-order valence-corrected chi connectivity index (χ2v) is 6.49. The van der Waals surface area contributed by atoms with Gasteiger partial charge in [-0.15, -0.1) is 11.3 Å². The molecule has 2 rings (SSSR count). The van der Waals surface area contributed by atoms with Gasteiger partial charge in [-0.05, 0) is 31.2 Å². The average Bonchev–Trinajstić information content (AvgIpc) is 2.73. The fourth-order valence-electron chi connectivity index (χ4n) is 1.37. The highest BCUT2D eigenvalue weighted by Crippen LogP contribution is 2.13. The number of aromatic nitrogens is 1. The summed E-state index contributed by atoms with van der Waals surface area (Å²) in [5.74, 6) is 0. The molecule has 0 unspecified atom stereocenters. The van der Waals surface area contributed by atoms with Crippen LogP contribution in [0.2, 0.25) is 0 Å². The summed E-state index contributed by atoms with van der Waals surface area (Å²) in [5, 5.41) is 2.62. The third-order valence-corrected chi connectivity index (χ3v) is 4.65. The summed E-state index contributed by atoms with van der Waals surface area (Å²) >= 11 is 1.43. The molecule has 0 bridgehead atoms. The predicted molar refractivity (Wildman–Crippen MR) is 71.7 cm³/mol. The first-order chi connectivity index (χ1) is 8.47. The van der Waals surface area contributed by atoms with Crippen molar-refractivity contribution in [3.63, 3.8) is 0 Å². The molecular formula is C11H13N3O2S2. The number of anilines is 1. The van der Waals surface area contributed by atoms with Crippen LogP contribution in [-0.2, 0) is 16.6 Å². The molecule has 0 aliphatic carbocycles. The first kappa shape index (κ1) is 13.0. The molecule has 0 amide bonds. The Balaban J connectivity index is 2.10. The van der Waals surface area contributed by atoms with Crippen LogP contribution in [0.25, 0.3) is 0 Å². The lowest BCUT2D eigenvalue weighted by atomic mass is 10.3. The van der Waals surface area contributed by atoms with Crippen molar-refractivity contribution >= 4 is 27.0 Å². The summed E-state index contributed by atoms with van der Waals surface area (Å²) in [6.45, 7) is 2.07. The predicted octanol–water partition coefficient (Wildman–Crippen LogP) is 1.51. The van der Waals surface area contributed by atoms with Gasteiger partial charge in [0.05, 0.1) is 11.4 Å². The summed E-state index contributed by atoms with van der Waals surface area (Å²) in [4.78, 5) is 4.39. The fraction of sp³-hybridized carbons (Fsp3) is 0.182. The van der Waals surface area contributed by atoms with Crippen LogP contribution in [0, 0.1) is 6.92 Å². The number of nitrogens with two attached hydrogens (primary N) is 1. The van der Waals surface area contributed by atoms with E-state index >= 15 is 0 Å². The van der Waals surface area contributed by atoms with Crippen LogP contribution in [0.15, 0.2) is 34.5 Å². The SMILES string of the molecule is Cc1csc(CNS(=O)(=O)c2ccc(N)cc2)n1. The Kier molecular flexibility index (Phi) is 3.65. The van der Waals surface area contributed by atoms with Gasteiger partial charge in [-0.25, -0.2) is 18.1 Å². The van der Waals surface area contributed by atoms with E-state index in [0.717, 1.165) is 10.7 Å². The summed E-state index contributed by atoms with van der Waals surface area (Å²) in [6.07, 6.45) is 0. The highest BCUT2D eigenvalue weighted by atomic mass is 32.2. The van der Waals surface area contributed by atoms with Crippen LogP contribution in [0.3, 0.4) is 0 Å². The molecule has 0 saturated carbocycles. The van der Waals surface area contributed by atoms with Gasteiger partial charge in [0.2, 0.25) is 10.0 Å². The first-order valence-electron chi connectivity index (χ1n) is 5.23. The minimum atomic E-state index is -3.50. The number of hydrogen-bond donors (Lipinski definition) is 2. The van der Waals surface area contributed by atoms with Crippen LogP contribution < -0.4 is 10.5 Å². The number of hydrogen-bond acceptors (Lipinski definition) is 5. The zero-order valence-electron chi connectivity index (χ0n) is 9.75. The number of benzene rings is 1. The summed E-state index contributed by atoms with van der Waals surface area (Å²) in [7, 11) is -3.50. The van der Waals surface area contributed by atoms with Gasteiger partial charge in [-0.2, -0.15) is 0 Å². The molecule has 1 heterocycles. The van der Waals surface area contributed by atoms with Gasteiger partial charge >= 0.3 is 0 Å². The summed E-state index contributed by atoms with van der Waals surface area (Å²) in [5.41, 5.74) is 6.94. The minimum Gasteiger partial charge on any atom is -0.399 e. The number of nitrogens with one attached hydrogen (secondary N) is 1. The van der Waals surface area contributed by atoms with E-state index in [4.69, 9.17) is 5.73 Å². The molecule has 0 aliphatic rings. The molecule has 1 aromatic heterocycles. The molecule has 3 N–H and O–H groups in total. The molecule has 0 aliphatic heterocycles. The van der Waals surface area contributed by atoms with E-state index in [1.165, 1.54) is 23.5 Å². The van der Waals surface area contributed by atoms with Crippen molar-refractivity contribution in [2.75, 3.05) is 5.73 Å². The Morgan fingerprint density at radius 3 is 2.56 bits per heavy atom. The molecular weight excluding hydrogens is 270 g/mol. The standard InChI is InChI=1S/C11H13N3O2S2/c1-8-7-17-11(14-8)6-13-18(15,16)10-4-2-9(12)3-5-10/h2-5,7,13H,6,12H2,1H3. The summed E-state index contributed by atoms with van der Waals surface area (Å²) in [6, 6.07) is 6.07. The van der Waals surface area contributed by atoms with Crippen LogP contribution >= 0.6 is 11.3 Å². The van der Waals surface area contributed by atoms with Crippen molar-refractivity contribution < 1.29 is 8.42 Å². The summed E-state index contributed by atoms with van der Waals surface area (Å²) < 4.78 is 26.4. The highest BCUT2D eigenvalue weighted by molar-refractivity contribution is 7.89. The van der Waals surface area contributed by atoms with Gasteiger partial charge in [0, 0.05) is 16.8 Å². The topological polar surface area (TPSA) is 85.1 Å². The smallest absolute Gasteiger partial charge is 0.240 e. The van der Waals surface area contributed by atoms with E-state index in [-0.39, 0.29) is 11.4 Å². The molecule has 18 heavy (non-hydrogen) atoms. The minimum absolute atomic E-state index is 0.199. The quantitative estimate of drug-likeness (QED) is 0.833. The molecule has 2 aromatic rings. The second kappa shape index (κ2) is 5.05. The van der Waals surface area contributed by atoms with E-state index < -0.39 is 10.0 Å². The van der Waals surface area contributed by atoms with Crippen molar-refractivity contribution in [2.45, 2.75) is 18.4 Å². The number of thiazole rings is 1. The van der Waals surface area contributed by atoms with Gasteiger partial charge in [-0.3, -0.25) is 0 Å². The average molecular weight is 283 g/mol. The van der Waals surface area contributed by atoms with E-state index in [9.17, 15) is 8.42 Å². The molecule has 0 spiro atoms. The van der Waals surface area contributed by atoms with Gasteiger partial charge in [0.1, 0.15) is 5.01 Å². The molecule has 0 atom stereocenters. The number of nitrogen functional groups attached to an aromatic ring is 1. The van der Waals surface area contributed by atoms with Crippen molar-refractivity contribution in [3.8, 4) is 0 Å². The number of sulfonamides is 1. The van der Waals surface area contributed by atoms with E-state index in [0.29, 0.717) is 5.69 Å². The molecule has 0 radical (unpaired) electrons. The molecule has 0 fully saturated rings. The zero-order valence-corrected chi connectivity index (χ0v) is 11.4. The maximum absolute atomic E-state index is 11.9. The molecule has 5 nitrogen and oxygen atoms in total. The van der Waals surface area contributed by atoms with Crippen LogP contribution in [0.1, 0.15) is 10.7 Å². The molecule has 0 saturated heterocycles. The molecule has 1 aromatic carbocycles. The largest absolute Gasteiger partial charge is 0.399 e. The van der Waals surface area contributed by atoms with Gasteiger partial charge in [0.15, 0.2) is 0 Å². The van der Waals surface area contributed by atoms with Crippen molar-refractivity contribution in [2.24, 2.45) is 0 Å². The monoisotopic (exact) mass is 283 g/mol. The van der Waals surface area contributed by atoms with Gasteiger partial charge < -0.3 is 5.73 Å². The zero-order chi connectivity index (χ0) is 13.2. The molecule has 7 heteroatoms. The first-order valence-corrected chi connectivity index (χ1v) is 7.60. The lowest BCUT2D eigenvalue weighted by Gasteiger charge is -2.05. The second-order valence-electron chi connectivity index (χ2n) is 3.78. The lowest BCUT2D eigenvalue weighted by molar-refractivity contribution is 0.581. The maximum atomic E-state index is 11.9. The van der Waals surface area contributed by atoms with Crippen LogP contribution in [0.4, 0.5) is 5.69 Å². The van der Waals surface area contributed by atoms with Crippen molar-refractivity contribution in [1.82, 2.24) is 9.71 Å². The Hall–Kier alpha value is -1.44. The number of rotatable bonds is 4. The number of aryl methyl sites for hydroxylation is 1.